The van der Waals surface area contributed by atoms with Gasteiger partial charge in [-0.05, 0) is 79.3 Å². The highest BCUT2D eigenvalue weighted by Crippen LogP contribution is 2.45. The van der Waals surface area contributed by atoms with Crippen molar-refractivity contribution in [3.05, 3.63) is 64.5 Å². The quantitative estimate of drug-likeness (QED) is 0.214. The smallest absolute Gasteiger partial charge is 0.273 e. The number of benzene rings is 2. The van der Waals surface area contributed by atoms with Gasteiger partial charge in [-0.1, -0.05) is 12.1 Å². The van der Waals surface area contributed by atoms with Gasteiger partial charge in [0, 0.05) is 44.2 Å². The number of nitrogens with one attached hydrogen (secondary N) is 2. The molecule has 2 aromatic rings. The standard InChI is InChI=1S/C30H34B5FN4O6/c1-25(2)15-39(16-26(3,4)46-25)30(35,45)17-10-11-20(36)19(14-17)28(31,32)38-21-9-6-8-18-22(21)29(33,34)40(23(18)42)27(44,12-7-13-41)24(43)37-5/h6,8-11,13-14,38,44-45H,7,12,15-16H2,1-5H3,(H,37,43). The Bertz CT molecular complexity index is 1540. The van der Waals surface area contributed by atoms with Crippen LogP contribution in [0.3, 0.4) is 0 Å². The molecule has 10 radical (unpaired) electrons. The van der Waals surface area contributed by atoms with E-state index in [4.69, 9.17) is 44.0 Å². The molecule has 2 amide bonds. The van der Waals surface area contributed by atoms with E-state index in [-0.39, 0.29) is 47.5 Å². The van der Waals surface area contributed by atoms with E-state index in [0.717, 1.165) is 6.07 Å². The van der Waals surface area contributed by atoms with Crippen molar-refractivity contribution in [1.29, 1.82) is 0 Å². The minimum atomic E-state index is -2.62. The second-order valence-electron chi connectivity index (χ2n) is 13.2. The average Bonchev–Trinajstić information content (AvgIpc) is 3.14. The summed E-state index contributed by atoms with van der Waals surface area (Å²) in [6.07, 6.45) is -0.348. The average molecular weight is 620 g/mol. The number of hydrogen-bond acceptors (Lipinski definition) is 8. The van der Waals surface area contributed by atoms with E-state index >= 15 is 4.39 Å². The summed E-state index contributed by atoms with van der Waals surface area (Å²) in [5, 5.41) is 23.5. The summed E-state index contributed by atoms with van der Waals surface area (Å²) in [7, 11) is 33.5. The molecule has 0 aliphatic carbocycles. The molecule has 1 fully saturated rings. The first-order chi connectivity index (χ1) is 21.0. The third kappa shape index (κ3) is 6.29. The number of hydrogen-bond donors (Lipinski definition) is 4. The maximum Gasteiger partial charge on any atom is 0.273 e. The van der Waals surface area contributed by atoms with Gasteiger partial charge in [0.1, 0.15) is 19.9 Å². The molecule has 0 spiro atoms. The minimum absolute atomic E-state index is 0.0255. The summed E-state index contributed by atoms with van der Waals surface area (Å²) >= 11 is 0. The number of rotatable bonds is 10. The highest BCUT2D eigenvalue weighted by Gasteiger charge is 2.56. The van der Waals surface area contributed by atoms with Gasteiger partial charge in [0.15, 0.2) is 0 Å². The van der Waals surface area contributed by atoms with Crippen LogP contribution in [0.15, 0.2) is 36.4 Å². The van der Waals surface area contributed by atoms with Gasteiger partial charge in [-0.15, -0.1) is 0 Å². The second-order valence-corrected chi connectivity index (χ2v) is 13.2. The van der Waals surface area contributed by atoms with E-state index in [2.05, 4.69) is 10.6 Å². The van der Waals surface area contributed by atoms with E-state index in [9.17, 15) is 24.6 Å². The van der Waals surface area contributed by atoms with Crippen LogP contribution in [0.1, 0.15) is 67.6 Å². The zero-order valence-electron chi connectivity index (χ0n) is 26.6. The molecule has 4 rings (SSSR count). The summed E-state index contributed by atoms with van der Waals surface area (Å²) in [6.45, 7) is 7.93. The molecule has 2 aliphatic rings. The van der Waals surface area contributed by atoms with Crippen LogP contribution >= 0.6 is 0 Å². The summed E-state index contributed by atoms with van der Waals surface area (Å²) in [5.74, 6) is -2.80. The van der Waals surface area contributed by atoms with Crippen LogP contribution in [-0.4, -0.2) is 114 Å². The number of carbonyl (C=O) groups is 3. The summed E-state index contributed by atoms with van der Waals surface area (Å²) in [4.78, 5) is 39.8. The van der Waals surface area contributed by atoms with Crippen LogP contribution in [0, 0.1) is 5.82 Å². The third-order valence-corrected chi connectivity index (χ3v) is 8.20. The molecule has 10 nitrogen and oxygen atoms in total. The highest BCUT2D eigenvalue weighted by atomic mass is 19.1. The lowest BCUT2D eigenvalue weighted by Gasteiger charge is -2.52. The molecular formula is C30H34B5FN4O6. The number of carbonyl (C=O) groups excluding carboxylic acids is 3. The van der Waals surface area contributed by atoms with Gasteiger partial charge in [-0.3, -0.25) is 14.5 Å². The van der Waals surface area contributed by atoms with Crippen molar-refractivity contribution in [3.63, 3.8) is 0 Å². The van der Waals surface area contributed by atoms with Crippen molar-refractivity contribution in [3.8, 4) is 0 Å². The summed E-state index contributed by atoms with van der Waals surface area (Å²) in [6, 6.07) is 7.80. The molecule has 1 saturated heterocycles. The van der Waals surface area contributed by atoms with E-state index in [1.165, 1.54) is 37.4 Å². The zero-order chi connectivity index (χ0) is 34.7. The fraction of sp³-hybridized carbons (Fsp3) is 0.500. The normalized spacial score (nSPS) is 21.5. The predicted octanol–water partition coefficient (Wildman–Crippen LogP) is -0.138. The number of anilines is 1. The first kappa shape index (κ1) is 35.8. The monoisotopic (exact) mass is 620 g/mol. The maximum atomic E-state index is 15.4. The Morgan fingerprint density at radius 2 is 1.70 bits per heavy atom. The maximum absolute atomic E-state index is 15.4. The summed E-state index contributed by atoms with van der Waals surface area (Å²) in [5.41, 5.74) is -6.53. The Morgan fingerprint density at radius 3 is 2.26 bits per heavy atom. The van der Waals surface area contributed by atoms with Crippen molar-refractivity contribution in [2.24, 2.45) is 0 Å². The van der Waals surface area contributed by atoms with Gasteiger partial charge in [0.05, 0.1) is 48.2 Å². The Hall–Kier alpha value is -3.06. The van der Waals surface area contributed by atoms with Crippen molar-refractivity contribution >= 4 is 63.0 Å². The molecule has 2 unspecified atom stereocenters. The van der Waals surface area contributed by atoms with Gasteiger partial charge < -0.3 is 35.3 Å². The highest BCUT2D eigenvalue weighted by molar-refractivity contribution is 6.44. The van der Waals surface area contributed by atoms with Crippen LogP contribution in [0.5, 0.6) is 0 Å². The third-order valence-electron chi connectivity index (χ3n) is 8.20. The lowest BCUT2D eigenvalue weighted by molar-refractivity contribution is -0.218. The first-order valence-electron chi connectivity index (χ1n) is 14.6. The number of halogens is 1. The van der Waals surface area contributed by atoms with Crippen LogP contribution in [0.2, 0.25) is 0 Å². The first-order valence-corrected chi connectivity index (χ1v) is 14.6. The molecule has 2 aliphatic heterocycles. The van der Waals surface area contributed by atoms with Gasteiger partial charge in [0.25, 0.3) is 11.8 Å². The minimum Gasteiger partial charge on any atom is -0.392 e. The lowest BCUT2D eigenvalue weighted by atomic mass is 9.55. The molecule has 232 valence electrons. The number of aldehydes is 1. The van der Waals surface area contributed by atoms with E-state index < -0.39 is 57.3 Å². The molecule has 0 bridgehead atoms. The van der Waals surface area contributed by atoms with Crippen LogP contribution < -0.4 is 10.6 Å². The number of likely N-dealkylation sites (N-methyl/N-ethyl adjacent to an activating group) is 1. The molecule has 0 saturated carbocycles. The molecule has 2 aromatic carbocycles. The topological polar surface area (TPSA) is 131 Å². The van der Waals surface area contributed by atoms with E-state index in [1.807, 2.05) is 27.7 Å². The lowest BCUT2D eigenvalue weighted by Crippen LogP contribution is -2.65. The fourth-order valence-corrected chi connectivity index (χ4v) is 6.50. The molecule has 4 N–H and O–H groups in total. The predicted molar refractivity (Wildman–Crippen MR) is 174 cm³/mol. The van der Waals surface area contributed by atoms with Crippen molar-refractivity contribution < 1.29 is 33.7 Å². The fourth-order valence-electron chi connectivity index (χ4n) is 6.50. The number of amides is 2. The largest absolute Gasteiger partial charge is 0.392 e. The number of fused-ring (bicyclic) bond motifs is 1. The van der Waals surface area contributed by atoms with Crippen LogP contribution in [-0.2, 0) is 30.6 Å². The van der Waals surface area contributed by atoms with Crippen LogP contribution in [0.4, 0.5) is 10.1 Å². The van der Waals surface area contributed by atoms with Crippen molar-refractivity contribution in [2.45, 2.75) is 73.8 Å². The zero-order valence-corrected chi connectivity index (χ0v) is 26.6. The van der Waals surface area contributed by atoms with Gasteiger partial charge in [-0.25, -0.2) is 4.39 Å². The SMILES string of the molecule is [B]C([B])(Nc1cccc2c1C([B])([B])N(C(O)(CCC=O)C(=O)NC)C2=O)c1cc(C([B])(O)N2CC(C)(C)OC(C)(C)C2)ccc1F. The second kappa shape index (κ2) is 11.9. The Morgan fingerprint density at radius 1 is 1.09 bits per heavy atom. The number of aliphatic hydroxyl groups is 2. The number of nitrogens with zero attached hydrogens (tertiary/aromatic N) is 2. The molecule has 16 heteroatoms. The number of morpholine rings is 1. The number of ether oxygens (including phenoxy) is 1. The molecule has 2 heterocycles. The molecule has 0 aromatic heterocycles. The van der Waals surface area contributed by atoms with E-state index in [1.54, 1.807) is 4.90 Å². The van der Waals surface area contributed by atoms with Crippen molar-refractivity contribution in [2.75, 3.05) is 25.5 Å². The summed E-state index contributed by atoms with van der Waals surface area (Å²) < 4.78 is 21.5. The van der Waals surface area contributed by atoms with Gasteiger partial charge >= 0.3 is 0 Å². The van der Waals surface area contributed by atoms with Gasteiger partial charge in [0.2, 0.25) is 5.72 Å². The van der Waals surface area contributed by atoms with Gasteiger partial charge in [-0.2, -0.15) is 0 Å². The van der Waals surface area contributed by atoms with Crippen LogP contribution in [0.25, 0.3) is 0 Å². The molecular weight excluding hydrogens is 585 g/mol. The Balaban J connectivity index is 1.75. The molecule has 46 heavy (non-hydrogen) atoms. The molecule has 2 atom stereocenters. The Labute approximate surface area is 275 Å². The van der Waals surface area contributed by atoms with E-state index in [0.29, 0.717) is 11.2 Å². The Kier molecular flexibility index (Phi) is 9.24. The van der Waals surface area contributed by atoms with Crippen molar-refractivity contribution in [1.82, 2.24) is 15.1 Å².